The van der Waals surface area contributed by atoms with Crippen molar-refractivity contribution in [2.75, 3.05) is 4.72 Å². The molecule has 0 fully saturated rings. The molecule has 2 unspecified atom stereocenters. The van der Waals surface area contributed by atoms with Crippen LogP contribution in [0.1, 0.15) is 24.2 Å². The minimum absolute atomic E-state index is 0.00932. The molecule has 0 saturated carbocycles. The third kappa shape index (κ3) is 8.71. The normalized spacial score (nSPS) is 12.8. The number of hydrogen-bond acceptors (Lipinski definition) is 7. The van der Waals surface area contributed by atoms with E-state index in [1.165, 1.54) is 31.2 Å². The van der Waals surface area contributed by atoms with Gasteiger partial charge in [-0.2, -0.15) is 13.2 Å². The topological polar surface area (TPSA) is 222 Å². The highest BCUT2D eigenvalue weighted by Gasteiger charge is 2.38. The fourth-order valence-electron chi connectivity index (χ4n) is 2.83. The van der Waals surface area contributed by atoms with E-state index in [1.807, 2.05) is 0 Å². The van der Waals surface area contributed by atoms with Crippen molar-refractivity contribution < 1.29 is 41.1 Å². The number of aliphatic carboxylic acids is 1. The molecule has 0 aliphatic rings. The van der Waals surface area contributed by atoms with Crippen LogP contribution in [0.2, 0.25) is 0 Å². The molecule has 1 heterocycles. The molecule has 0 aliphatic carbocycles. The number of hydrogen-bond donors (Lipinski definition) is 5. The molecule has 0 bridgehead atoms. The number of aryl methyl sites for hydroxylation is 2. The molecule has 204 valence electrons. The van der Waals surface area contributed by atoms with Gasteiger partial charge in [0.1, 0.15) is 5.69 Å². The molecule has 1 aromatic heterocycles. The Balaban J connectivity index is 0.000000856. The Kier molecular flexibility index (Phi) is 10.1. The first-order valence-corrected chi connectivity index (χ1v) is 11.5. The zero-order chi connectivity index (χ0) is 28.7. The van der Waals surface area contributed by atoms with Gasteiger partial charge in [0.15, 0.2) is 12.1 Å². The summed E-state index contributed by atoms with van der Waals surface area (Å²) in [4.78, 5) is 39.1. The van der Waals surface area contributed by atoms with E-state index < -0.39 is 45.8 Å². The second-order valence-corrected chi connectivity index (χ2v) is 9.14. The fourth-order valence-corrected chi connectivity index (χ4v) is 3.99. The number of benzene rings is 1. The van der Waals surface area contributed by atoms with Gasteiger partial charge < -0.3 is 27.1 Å². The van der Waals surface area contributed by atoms with Crippen molar-refractivity contribution in [2.24, 2.45) is 22.4 Å². The number of pyridine rings is 1. The van der Waals surface area contributed by atoms with Gasteiger partial charge in [-0.25, -0.2) is 13.2 Å². The van der Waals surface area contributed by atoms with Crippen molar-refractivity contribution in [1.82, 2.24) is 4.57 Å². The molecule has 37 heavy (non-hydrogen) atoms. The minimum Gasteiger partial charge on any atom is -0.475 e. The molecule has 0 aliphatic heterocycles. The van der Waals surface area contributed by atoms with Crippen LogP contribution in [0.3, 0.4) is 0 Å². The molecule has 0 saturated heterocycles. The molecule has 2 atom stereocenters. The lowest BCUT2D eigenvalue weighted by molar-refractivity contribution is -0.192. The molecule has 0 spiro atoms. The van der Waals surface area contributed by atoms with Crippen LogP contribution < -0.4 is 27.5 Å². The number of anilines is 1. The number of carboxylic acid groups (broad SMARTS) is 1. The number of nitrogens with two attached hydrogens (primary N) is 3. The van der Waals surface area contributed by atoms with Crippen LogP contribution in [-0.4, -0.2) is 48.2 Å². The van der Waals surface area contributed by atoms with Gasteiger partial charge in [0.25, 0.3) is 15.6 Å². The largest absolute Gasteiger partial charge is 0.490 e. The number of carbonyl (C=O) groups excluding carboxylic acids is 1. The average molecular weight is 551 g/mol. The van der Waals surface area contributed by atoms with Crippen LogP contribution in [-0.2, 0) is 24.4 Å². The molecule has 13 nitrogen and oxygen atoms in total. The zero-order valence-electron chi connectivity index (χ0n) is 19.7. The van der Waals surface area contributed by atoms with Gasteiger partial charge >= 0.3 is 12.1 Å². The van der Waals surface area contributed by atoms with Crippen molar-refractivity contribution in [1.29, 1.82) is 0 Å². The molecule has 1 aromatic carbocycles. The molecular weight excluding hydrogens is 525 g/mol. The van der Waals surface area contributed by atoms with Gasteiger partial charge in [-0.1, -0.05) is 12.1 Å². The lowest BCUT2D eigenvalue weighted by Crippen LogP contribution is -2.42. The van der Waals surface area contributed by atoms with Crippen molar-refractivity contribution in [3.63, 3.8) is 0 Å². The van der Waals surface area contributed by atoms with Crippen LogP contribution in [0.25, 0.3) is 0 Å². The van der Waals surface area contributed by atoms with Gasteiger partial charge in [-0.05, 0) is 55.8 Å². The summed E-state index contributed by atoms with van der Waals surface area (Å²) in [6.45, 7) is 4.74. The van der Waals surface area contributed by atoms with E-state index in [0.29, 0.717) is 5.69 Å². The summed E-state index contributed by atoms with van der Waals surface area (Å²) in [5.74, 6) is -4.03. The summed E-state index contributed by atoms with van der Waals surface area (Å²) in [5, 5.41) is 10.5. The number of sulfonamides is 1. The standard InChI is InChI=1S/C18H24N6O5S.C2HF3O2/c1-10-5-4-6-13(9-10)30(27,28)23-14-8-7-11(2)24(17(14)26)15(16(19)25)12(3)29-22-18(20)21;3-2(4,5)1(6)7/h4-9,12,15,23H,1-3H3,(H2,19,25)(H4,20,21,22);(H,6,7). The fraction of sp³-hybridized carbons (Fsp3) is 0.300. The molecule has 0 radical (unpaired) electrons. The van der Waals surface area contributed by atoms with E-state index in [-0.39, 0.29) is 16.5 Å². The number of rotatable bonds is 8. The van der Waals surface area contributed by atoms with Crippen molar-refractivity contribution in [3.8, 4) is 0 Å². The summed E-state index contributed by atoms with van der Waals surface area (Å²) in [7, 11) is -4.04. The average Bonchev–Trinajstić information content (AvgIpc) is 2.76. The Hall–Kier alpha value is -4.28. The number of nitrogens with zero attached hydrogens (tertiary/aromatic N) is 2. The summed E-state index contributed by atoms with van der Waals surface area (Å²) >= 11 is 0. The van der Waals surface area contributed by atoms with E-state index >= 15 is 0 Å². The van der Waals surface area contributed by atoms with Crippen LogP contribution in [0.15, 0.2) is 51.2 Å². The summed E-state index contributed by atoms with van der Waals surface area (Å²) in [6, 6.07) is 7.67. The monoisotopic (exact) mass is 550 g/mol. The highest BCUT2D eigenvalue weighted by Crippen LogP contribution is 2.19. The molecule has 8 N–H and O–H groups in total. The molecule has 1 amide bonds. The predicted octanol–water partition coefficient (Wildman–Crippen LogP) is 0.519. The number of carbonyl (C=O) groups is 2. The zero-order valence-corrected chi connectivity index (χ0v) is 20.5. The maximum atomic E-state index is 13.0. The maximum absolute atomic E-state index is 13.0. The van der Waals surface area contributed by atoms with E-state index in [4.69, 9.17) is 31.9 Å². The highest BCUT2D eigenvalue weighted by molar-refractivity contribution is 7.92. The lowest BCUT2D eigenvalue weighted by atomic mass is 10.1. The van der Waals surface area contributed by atoms with Crippen molar-refractivity contribution in [3.05, 3.63) is 58.0 Å². The second-order valence-electron chi connectivity index (χ2n) is 7.46. The molecule has 2 aromatic rings. The Bertz CT molecular complexity index is 1340. The second kappa shape index (κ2) is 12.1. The van der Waals surface area contributed by atoms with E-state index in [9.17, 15) is 31.2 Å². The minimum atomic E-state index is -5.08. The Morgan fingerprint density at radius 2 is 1.70 bits per heavy atom. The van der Waals surface area contributed by atoms with E-state index in [0.717, 1.165) is 10.1 Å². The van der Waals surface area contributed by atoms with Gasteiger partial charge in [0.2, 0.25) is 11.9 Å². The van der Waals surface area contributed by atoms with Gasteiger partial charge in [-0.3, -0.25) is 18.9 Å². The number of primary amides is 1. The predicted molar refractivity (Wildman–Crippen MR) is 126 cm³/mol. The summed E-state index contributed by atoms with van der Waals surface area (Å²) < 4.78 is 60.4. The Morgan fingerprint density at radius 3 is 2.16 bits per heavy atom. The Morgan fingerprint density at radius 1 is 1.14 bits per heavy atom. The molecular formula is C20H25F3N6O7S. The quantitative estimate of drug-likeness (QED) is 0.175. The number of alkyl halides is 3. The van der Waals surface area contributed by atoms with Crippen LogP contribution in [0.5, 0.6) is 0 Å². The lowest BCUT2D eigenvalue weighted by Gasteiger charge is -2.24. The number of nitrogens with one attached hydrogen (secondary N) is 1. The van der Waals surface area contributed by atoms with E-state index in [2.05, 4.69) is 9.88 Å². The first-order chi connectivity index (χ1) is 16.9. The first kappa shape index (κ1) is 30.8. The van der Waals surface area contributed by atoms with Crippen LogP contribution in [0.4, 0.5) is 18.9 Å². The van der Waals surface area contributed by atoms with Crippen LogP contribution in [0, 0.1) is 13.8 Å². The molecule has 2 rings (SSSR count). The number of carboxylic acids is 1. The number of halogens is 3. The van der Waals surface area contributed by atoms with Gasteiger partial charge in [0.05, 0.1) is 4.90 Å². The van der Waals surface area contributed by atoms with Crippen LogP contribution >= 0.6 is 0 Å². The van der Waals surface area contributed by atoms with E-state index in [1.54, 1.807) is 26.0 Å². The summed E-state index contributed by atoms with van der Waals surface area (Å²) in [6.07, 6.45) is -6.11. The SMILES string of the molecule is Cc1cccc(S(=O)(=O)Nc2ccc(C)n(C(C(N)=O)C(C)ON=C(N)N)c2=O)c1.O=C(O)C(F)(F)F. The third-order valence-corrected chi connectivity index (χ3v) is 5.81. The van der Waals surface area contributed by atoms with Crippen molar-refractivity contribution in [2.45, 2.75) is 44.0 Å². The maximum Gasteiger partial charge on any atom is 0.490 e. The number of guanidine groups is 1. The highest BCUT2D eigenvalue weighted by atomic mass is 32.2. The Labute approximate surface area is 208 Å². The number of amides is 1. The number of aromatic nitrogens is 1. The number of oxime groups is 1. The summed E-state index contributed by atoms with van der Waals surface area (Å²) in [5.41, 5.74) is 15.9. The third-order valence-electron chi connectivity index (χ3n) is 4.45. The van der Waals surface area contributed by atoms with Gasteiger partial charge in [0, 0.05) is 5.69 Å². The van der Waals surface area contributed by atoms with Gasteiger partial charge in [-0.15, -0.1) is 0 Å². The smallest absolute Gasteiger partial charge is 0.475 e. The molecule has 17 heteroatoms. The van der Waals surface area contributed by atoms with Crippen molar-refractivity contribution >= 4 is 33.5 Å². The first-order valence-electron chi connectivity index (χ1n) is 10.0.